The van der Waals surface area contributed by atoms with Gasteiger partial charge in [-0.2, -0.15) is 5.10 Å². The SMILES string of the molecule is Cc1ccc(Cn2nccc2NC(=O)c2cccc(CN3CCCC3=O)c2)cc1. The lowest BCUT2D eigenvalue weighted by Crippen LogP contribution is -2.24. The molecule has 0 unspecified atom stereocenters. The summed E-state index contributed by atoms with van der Waals surface area (Å²) >= 11 is 0. The number of nitrogens with one attached hydrogen (secondary N) is 1. The van der Waals surface area contributed by atoms with Gasteiger partial charge >= 0.3 is 0 Å². The summed E-state index contributed by atoms with van der Waals surface area (Å²) in [6.07, 6.45) is 3.20. The van der Waals surface area contributed by atoms with Gasteiger partial charge in [0.2, 0.25) is 5.91 Å². The van der Waals surface area contributed by atoms with Gasteiger partial charge in [-0.25, -0.2) is 4.68 Å². The predicted molar refractivity (Wildman–Crippen MR) is 112 cm³/mol. The van der Waals surface area contributed by atoms with Crippen molar-refractivity contribution in [2.24, 2.45) is 0 Å². The van der Waals surface area contributed by atoms with E-state index in [0.717, 1.165) is 24.1 Å². The number of aromatic nitrogens is 2. The highest BCUT2D eigenvalue weighted by molar-refractivity contribution is 6.03. The number of aryl methyl sites for hydroxylation is 1. The van der Waals surface area contributed by atoms with Gasteiger partial charge in [0, 0.05) is 31.1 Å². The van der Waals surface area contributed by atoms with Crippen LogP contribution in [0.2, 0.25) is 0 Å². The molecule has 0 bridgehead atoms. The molecule has 1 aliphatic rings. The van der Waals surface area contributed by atoms with Crippen molar-refractivity contribution >= 4 is 17.6 Å². The Labute approximate surface area is 170 Å². The minimum atomic E-state index is -0.190. The van der Waals surface area contributed by atoms with E-state index < -0.39 is 0 Å². The molecular weight excluding hydrogens is 364 g/mol. The Morgan fingerprint density at radius 3 is 2.66 bits per heavy atom. The molecule has 0 aliphatic carbocycles. The van der Waals surface area contributed by atoms with Crippen LogP contribution in [-0.4, -0.2) is 33.0 Å². The first-order chi connectivity index (χ1) is 14.1. The van der Waals surface area contributed by atoms with Crippen LogP contribution in [0.3, 0.4) is 0 Å². The Morgan fingerprint density at radius 2 is 1.90 bits per heavy atom. The number of likely N-dealkylation sites (tertiary alicyclic amines) is 1. The molecule has 6 heteroatoms. The molecule has 2 amide bonds. The summed E-state index contributed by atoms with van der Waals surface area (Å²) in [6, 6.07) is 17.5. The summed E-state index contributed by atoms with van der Waals surface area (Å²) in [6.45, 7) is 3.97. The number of carbonyl (C=O) groups is 2. The van der Waals surface area contributed by atoms with E-state index in [9.17, 15) is 9.59 Å². The molecule has 1 saturated heterocycles. The fraction of sp³-hybridized carbons (Fsp3) is 0.261. The van der Waals surface area contributed by atoms with Crippen molar-refractivity contribution in [2.75, 3.05) is 11.9 Å². The van der Waals surface area contributed by atoms with E-state index in [4.69, 9.17) is 0 Å². The number of nitrogens with zero attached hydrogens (tertiary/aromatic N) is 3. The van der Waals surface area contributed by atoms with E-state index in [1.54, 1.807) is 23.0 Å². The number of amides is 2. The molecule has 0 saturated carbocycles. The van der Waals surface area contributed by atoms with E-state index in [2.05, 4.69) is 41.6 Å². The largest absolute Gasteiger partial charge is 0.338 e. The molecule has 29 heavy (non-hydrogen) atoms. The van der Waals surface area contributed by atoms with Gasteiger partial charge in [-0.05, 0) is 36.6 Å². The first kappa shape index (κ1) is 18.9. The number of rotatable bonds is 6. The van der Waals surface area contributed by atoms with Crippen LogP contribution < -0.4 is 5.32 Å². The van der Waals surface area contributed by atoms with Crippen molar-refractivity contribution < 1.29 is 9.59 Å². The van der Waals surface area contributed by atoms with Crippen molar-refractivity contribution in [1.82, 2.24) is 14.7 Å². The average Bonchev–Trinajstić information content (AvgIpc) is 3.33. The zero-order valence-electron chi connectivity index (χ0n) is 16.5. The highest BCUT2D eigenvalue weighted by Crippen LogP contribution is 2.17. The number of hydrogen-bond donors (Lipinski definition) is 1. The molecule has 1 aliphatic heterocycles. The van der Waals surface area contributed by atoms with E-state index in [1.807, 2.05) is 23.1 Å². The van der Waals surface area contributed by atoms with Crippen molar-refractivity contribution in [2.45, 2.75) is 32.9 Å². The summed E-state index contributed by atoms with van der Waals surface area (Å²) in [5, 5.41) is 7.28. The van der Waals surface area contributed by atoms with Crippen LogP contribution in [0.5, 0.6) is 0 Å². The minimum absolute atomic E-state index is 0.180. The van der Waals surface area contributed by atoms with E-state index in [0.29, 0.717) is 30.9 Å². The molecule has 0 radical (unpaired) electrons. The van der Waals surface area contributed by atoms with Gasteiger partial charge in [0.05, 0.1) is 12.7 Å². The van der Waals surface area contributed by atoms with Crippen molar-refractivity contribution in [1.29, 1.82) is 0 Å². The molecule has 2 heterocycles. The molecule has 0 atom stereocenters. The fourth-order valence-electron chi connectivity index (χ4n) is 3.52. The lowest BCUT2D eigenvalue weighted by atomic mass is 10.1. The van der Waals surface area contributed by atoms with Gasteiger partial charge in [0.15, 0.2) is 0 Å². The standard InChI is InChI=1S/C23H24N4O2/c1-17-7-9-18(10-8-17)16-27-21(11-12-24-27)25-23(29)20-5-2-4-19(14-20)15-26-13-3-6-22(26)28/h2,4-5,7-12,14H,3,6,13,15-16H2,1H3,(H,25,29). The monoisotopic (exact) mass is 388 g/mol. The maximum Gasteiger partial charge on any atom is 0.256 e. The molecule has 3 aromatic rings. The Hall–Kier alpha value is -3.41. The summed E-state index contributed by atoms with van der Waals surface area (Å²) in [7, 11) is 0. The van der Waals surface area contributed by atoms with Crippen molar-refractivity contribution in [3.8, 4) is 0 Å². The van der Waals surface area contributed by atoms with Gasteiger partial charge < -0.3 is 10.2 Å². The first-order valence-corrected chi connectivity index (χ1v) is 9.84. The lowest BCUT2D eigenvalue weighted by Gasteiger charge is -2.16. The van der Waals surface area contributed by atoms with Gasteiger partial charge in [-0.3, -0.25) is 9.59 Å². The summed E-state index contributed by atoms with van der Waals surface area (Å²) in [5.74, 6) is 0.640. The van der Waals surface area contributed by atoms with Crippen LogP contribution >= 0.6 is 0 Å². The smallest absolute Gasteiger partial charge is 0.256 e. The van der Waals surface area contributed by atoms with Gasteiger partial charge in [-0.1, -0.05) is 42.0 Å². The number of hydrogen-bond acceptors (Lipinski definition) is 3. The van der Waals surface area contributed by atoms with Crippen LogP contribution in [0.15, 0.2) is 60.8 Å². The van der Waals surface area contributed by atoms with Crippen LogP contribution in [0.25, 0.3) is 0 Å². The topological polar surface area (TPSA) is 67.2 Å². The maximum atomic E-state index is 12.8. The van der Waals surface area contributed by atoms with Crippen LogP contribution in [0.1, 0.15) is 39.9 Å². The Balaban J connectivity index is 1.44. The van der Waals surface area contributed by atoms with E-state index in [1.165, 1.54) is 5.56 Å². The number of anilines is 1. The van der Waals surface area contributed by atoms with Gasteiger partial charge in [-0.15, -0.1) is 0 Å². The molecule has 0 spiro atoms. The average molecular weight is 388 g/mol. The molecule has 1 fully saturated rings. The third kappa shape index (κ3) is 4.54. The number of benzene rings is 2. The minimum Gasteiger partial charge on any atom is -0.338 e. The first-order valence-electron chi connectivity index (χ1n) is 9.84. The zero-order valence-corrected chi connectivity index (χ0v) is 16.5. The van der Waals surface area contributed by atoms with Crippen LogP contribution in [-0.2, 0) is 17.9 Å². The maximum absolute atomic E-state index is 12.8. The van der Waals surface area contributed by atoms with E-state index in [-0.39, 0.29) is 11.8 Å². The van der Waals surface area contributed by atoms with Crippen LogP contribution in [0, 0.1) is 6.92 Å². The third-order valence-electron chi connectivity index (χ3n) is 5.15. The normalized spacial score (nSPS) is 13.7. The summed E-state index contributed by atoms with van der Waals surface area (Å²) in [5.41, 5.74) is 3.85. The Morgan fingerprint density at radius 1 is 1.07 bits per heavy atom. The molecule has 1 aromatic heterocycles. The van der Waals surface area contributed by atoms with Crippen molar-refractivity contribution in [3.63, 3.8) is 0 Å². The van der Waals surface area contributed by atoms with E-state index >= 15 is 0 Å². The quantitative estimate of drug-likeness (QED) is 0.701. The van der Waals surface area contributed by atoms with Gasteiger partial charge in [0.1, 0.15) is 5.82 Å². The van der Waals surface area contributed by atoms with Crippen LogP contribution in [0.4, 0.5) is 5.82 Å². The molecule has 1 N–H and O–H groups in total. The highest BCUT2D eigenvalue weighted by atomic mass is 16.2. The highest BCUT2D eigenvalue weighted by Gasteiger charge is 2.20. The van der Waals surface area contributed by atoms with Crippen molar-refractivity contribution in [3.05, 3.63) is 83.0 Å². The molecule has 148 valence electrons. The summed E-state index contributed by atoms with van der Waals surface area (Å²) < 4.78 is 1.77. The Kier molecular flexibility index (Phi) is 5.42. The van der Waals surface area contributed by atoms with Gasteiger partial charge in [0.25, 0.3) is 5.91 Å². The fourth-order valence-corrected chi connectivity index (χ4v) is 3.52. The second-order valence-electron chi connectivity index (χ2n) is 7.43. The third-order valence-corrected chi connectivity index (χ3v) is 5.15. The second kappa shape index (κ2) is 8.31. The molecule has 2 aromatic carbocycles. The predicted octanol–water partition coefficient (Wildman–Crippen LogP) is 3.61. The lowest BCUT2D eigenvalue weighted by molar-refractivity contribution is -0.128. The molecule has 6 nitrogen and oxygen atoms in total. The molecular formula is C23H24N4O2. The zero-order chi connectivity index (χ0) is 20.2. The second-order valence-corrected chi connectivity index (χ2v) is 7.43. The Bertz CT molecular complexity index is 1020. The molecule has 4 rings (SSSR count). The number of carbonyl (C=O) groups excluding carboxylic acids is 2. The summed E-state index contributed by atoms with van der Waals surface area (Å²) in [4.78, 5) is 26.5.